The lowest BCUT2D eigenvalue weighted by atomic mass is 10.0. The average Bonchev–Trinajstić information content (AvgIpc) is 4.06. The highest BCUT2D eigenvalue weighted by Gasteiger charge is 2.62. The van der Waals surface area contributed by atoms with Gasteiger partial charge in [0, 0.05) is 18.4 Å². The molecule has 4 amide bonds. The van der Waals surface area contributed by atoms with Gasteiger partial charge < -0.3 is 29.7 Å². The van der Waals surface area contributed by atoms with Gasteiger partial charge in [0.25, 0.3) is 5.91 Å². The van der Waals surface area contributed by atoms with Crippen LogP contribution in [0.2, 0.25) is 0 Å². The summed E-state index contributed by atoms with van der Waals surface area (Å²) in [5.41, 5.74) is -0.642. The minimum Gasteiger partial charge on any atom is -0.497 e. The highest BCUT2D eigenvalue weighted by atomic mass is 32.2. The third kappa shape index (κ3) is 10.1. The smallest absolute Gasteiger partial charge is 0.408 e. The van der Waals surface area contributed by atoms with E-state index in [1.54, 1.807) is 46.1 Å². The number of aryl methyl sites for hydroxylation is 1. The summed E-state index contributed by atoms with van der Waals surface area (Å²) < 4.78 is 44.9. The minimum absolute atomic E-state index is 0.00781. The molecule has 0 bridgehead atoms. The van der Waals surface area contributed by atoms with Crippen LogP contribution in [0.25, 0.3) is 11.0 Å². The van der Waals surface area contributed by atoms with Crippen LogP contribution in [0.3, 0.4) is 0 Å². The Hall–Kier alpha value is -4.73. The summed E-state index contributed by atoms with van der Waals surface area (Å²) in [7, 11) is -2.36. The Morgan fingerprint density at radius 2 is 1.84 bits per heavy atom. The van der Waals surface area contributed by atoms with Crippen LogP contribution in [0, 0.1) is 5.92 Å². The highest BCUT2D eigenvalue weighted by molar-refractivity contribution is 7.91. The predicted molar refractivity (Wildman–Crippen MR) is 206 cm³/mol. The number of rotatable bonds is 18. The average molecular weight is 783 g/mol. The molecule has 0 spiro atoms. The molecule has 2 aromatic rings. The van der Waals surface area contributed by atoms with E-state index in [0.717, 1.165) is 19.3 Å². The van der Waals surface area contributed by atoms with Crippen LogP contribution < -0.4 is 24.8 Å². The largest absolute Gasteiger partial charge is 0.497 e. The number of alkyl carbamates (subject to hydrolysis) is 1. The van der Waals surface area contributed by atoms with E-state index in [-0.39, 0.29) is 31.7 Å². The van der Waals surface area contributed by atoms with Gasteiger partial charge in [-0.1, -0.05) is 31.9 Å². The van der Waals surface area contributed by atoms with Gasteiger partial charge in [-0.15, -0.1) is 13.2 Å². The molecule has 2 heterocycles. The molecule has 300 valence electrons. The molecule has 0 radical (unpaired) electrons. The highest BCUT2D eigenvalue weighted by Crippen LogP contribution is 2.45. The number of carbonyl (C=O) groups is 4. The third-order valence-corrected chi connectivity index (χ3v) is 11.8. The Labute approximate surface area is 323 Å². The summed E-state index contributed by atoms with van der Waals surface area (Å²) in [6, 6.07) is 3.11. The molecule has 5 rings (SSSR count). The second-order valence-electron chi connectivity index (χ2n) is 15.5. The zero-order valence-electron chi connectivity index (χ0n) is 32.4. The van der Waals surface area contributed by atoms with Crippen molar-refractivity contribution in [1.29, 1.82) is 0 Å². The maximum absolute atomic E-state index is 14.5. The van der Waals surface area contributed by atoms with Gasteiger partial charge in [0.1, 0.15) is 40.8 Å². The molecule has 1 aliphatic heterocycles. The maximum Gasteiger partial charge on any atom is 0.408 e. The molecular formula is C39H54N6O9S. The second kappa shape index (κ2) is 17.0. The van der Waals surface area contributed by atoms with Crippen LogP contribution >= 0.6 is 0 Å². The molecular weight excluding hydrogens is 729 g/mol. The Morgan fingerprint density at radius 1 is 1.09 bits per heavy atom. The number of sulfonamides is 1. The van der Waals surface area contributed by atoms with Gasteiger partial charge in [-0.3, -0.25) is 19.1 Å². The number of aromatic nitrogens is 2. The van der Waals surface area contributed by atoms with Gasteiger partial charge in [-0.2, -0.15) is 0 Å². The first-order valence-corrected chi connectivity index (χ1v) is 20.5. The number of benzene rings is 1. The van der Waals surface area contributed by atoms with Crippen LogP contribution in [0.15, 0.2) is 43.5 Å². The first-order chi connectivity index (χ1) is 26.0. The van der Waals surface area contributed by atoms with E-state index in [1.165, 1.54) is 11.0 Å². The fraction of sp³-hybridized carbons (Fsp3) is 0.590. The summed E-state index contributed by atoms with van der Waals surface area (Å²) in [5.74, 6) is -1.76. The molecule has 0 unspecified atom stereocenters. The number of nitrogens with zero attached hydrogens (tertiary/aromatic N) is 3. The van der Waals surface area contributed by atoms with Crippen LogP contribution in [0.4, 0.5) is 4.79 Å². The van der Waals surface area contributed by atoms with Crippen molar-refractivity contribution in [3.63, 3.8) is 0 Å². The number of hydrogen-bond acceptors (Lipinski definition) is 11. The van der Waals surface area contributed by atoms with Crippen molar-refractivity contribution in [2.24, 2.45) is 5.92 Å². The zero-order chi connectivity index (χ0) is 40.1. The first-order valence-electron chi connectivity index (χ1n) is 19.0. The van der Waals surface area contributed by atoms with Crippen molar-refractivity contribution in [3.8, 4) is 11.6 Å². The summed E-state index contributed by atoms with van der Waals surface area (Å²) in [4.78, 5) is 66.2. The van der Waals surface area contributed by atoms with Crippen LogP contribution in [-0.4, -0.2) is 95.3 Å². The third-order valence-electron chi connectivity index (χ3n) is 10.0. The SMILES string of the molecule is C=CCCCCC[C@H](NC(=O)OC(C)(C)C)C(=O)N1C[C@H](Oc2nc3cc(OC)ccc3nc2CC)C[C@H]1C(=O)N[C@]1(C(=O)NS(=O)(=O)C2CC2)C[C@H]1C=C. The number of unbranched alkanes of at least 4 members (excludes halogenated alkanes) is 3. The number of allylic oxidation sites excluding steroid dienone is 1. The van der Waals surface area contributed by atoms with Gasteiger partial charge in [-0.05, 0) is 77.8 Å². The molecule has 1 aromatic heterocycles. The van der Waals surface area contributed by atoms with Gasteiger partial charge in [0.05, 0.1) is 29.9 Å². The van der Waals surface area contributed by atoms with Crippen molar-refractivity contribution in [2.45, 2.75) is 126 Å². The zero-order valence-corrected chi connectivity index (χ0v) is 33.2. The van der Waals surface area contributed by atoms with E-state index < -0.39 is 74.3 Å². The molecule has 16 heteroatoms. The van der Waals surface area contributed by atoms with Crippen LogP contribution in [0.1, 0.15) is 91.2 Å². The van der Waals surface area contributed by atoms with E-state index in [2.05, 4.69) is 28.5 Å². The summed E-state index contributed by atoms with van der Waals surface area (Å²) >= 11 is 0. The fourth-order valence-corrected chi connectivity index (χ4v) is 8.14. The van der Waals surface area contributed by atoms with E-state index in [9.17, 15) is 27.6 Å². The van der Waals surface area contributed by atoms with Gasteiger partial charge >= 0.3 is 6.09 Å². The first kappa shape index (κ1) is 41.4. The molecule has 3 fully saturated rings. The Morgan fingerprint density at radius 3 is 2.45 bits per heavy atom. The van der Waals surface area contributed by atoms with Crippen molar-refractivity contribution in [1.82, 2.24) is 30.2 Å². The number of fused-ring (bicyclic) bond motifs is 1. The maximum atomic E-state index is 14.5. The number of methoxy groups -OCH3 is 1. The topological polar surface area (TPSA) is 195 Å². The normalized spacial score (nSPS) is 22.6. The molecule has 2 aliphatic carbocycles. The Balaban J connectivity index is 1.44. The summed E-state index contributed by atoms with van der Waals surface area (Å²) in [6.07, 6.45) is 6.64. The quantitative estimate of drug-likeness (QED) is 0.145. The lowest BCUT2D eigenvalue weighted by Gasteiger charge is -2.30. The summed E-state index contributed by atoms with van der Waals surface area (Å²) in [5, 5.41) is 4.88. The molecule has 1 aromatic carbocycles. The van der Waals surface area contributed by atoms with E-state index in [4.69, 9.17) is 24.2 Å². The van der Waals surface area contributed by atoms with E-state index in [1.807, 2.05) is 13.0 Å². The molecule has 1 saturated heterocycles. The molecule has 15 nitrogen and oxygen atoms in total. The monoisotopic (exact) mass is 782 g/mol. The van der Waals surface area contributed by atoms with Crippen molar-refractivity contribution in [3.05, 3.63) is 49.2 Å². The van der Waals surface area contributed by atoms with Gasteiger partial charge in [0.15, 0.2) is 0 Å². The van der Waals surface area contributed by atoms with Crippen LogP contribution in [0.5, 0.6) is 11.6 Å². The number of nitrogens with one attached hydrogen (secondary N) is 3. The molecule has 3 aliphatic rings. The number of ether oxygens (including phenoxy) is 3. The van der Waals surface area contributed by atoms with Crippen LogP contribution in [-0.2, 0) is 35.6 Å². The van der Waals surface area contributed by atoms with Crippen molar-refractivity contribution >= 4 is 44.9 Å². The molecule has 5 atom stereocenters. The number of amides is 4. The van der Waals surface area contributed by atoms with Gasteiger partial charge in [0.2, 0.25) is 27.7 Å². The predicted octanol–water partition coefficient (Wildman–Crippen LogP) is 4.25. The summed E-state index contributed by atoms with van der Waals surface area (Å²) in [6.45, 7) is 14.5. The molecule has 55 heavy (non-hydrogen) atoms. The van der Waals surface area contributed by atoms with Gasteiger partial charge in [-0.25, -0.2) is 23.2 Å². The molecule has 2 saturated carbocycles. The lowest BCUT2D eigenvalue weighted by Crippen LogP contribution is -2.58. The fourth-order valence-electron chi connectivity index (χ4n) is 6.78. The number of likely N-dealkylation sites (tertiary alicyclic amines) is 1. The van der Waals surface area contributed by atoms with E-state index >= 15 is 0 Å². The minimum atomic E-state index is -3.91. The Bertz CT molecular complexity index is 1910. The standard InChI is InChI=1S/C39H54N6O9S/c1-8-11-12-13-14-15-30(42-37(49)54-38(4,5)6)35(47)45-23-26(53-34-28(10-3)40-29-19-16-25(52-7)20-31(29)41-34)21-32(45)33(46)43-39(22-24(39)9-2)36(48)44-55(50,51)27-17-18-27/h8-9,16,19-20,24,26-27,30,32H,1-2,10-15,17-18,21-23H2,3-7H3,(H,42,49)(H,43,46)(H,44,48)/t24-,26-,30+,32+,39-/m1/s1. The van der Waals surface area contributed by atoms with E-state index in [0.29, 0.717) is 48.2 Å². The number of carbonyl (C=O) groups excluding carboxylic acids is 4. The van der Waals surface area contributed by atoms with Crippen molar-refractivity contribution < 1.29 is 41.8 Å². The lowest BCUT2D eigenvalue weighted by molar-refractivity contribution is -0.141. The van der Waals surface area contributed by atoms with Crippen molar-refractivity contribution in [2.75, 3.05) is 13.7 Å². The Kier molecular flexibility index (Phi) is 12.8. The molecule has 3 N–H and O–H groups in total. The second-order valence-corrected chi connectivity index (χ2v) is 17.4. The number of hydrogen-bond donors (Lipinski definition) is 3.